The predicted octanol–water partition coefficient (Wildman–Crippen LogP) is 4.04. The summed E-state index contributed by atoms with van der Waals surface area (Å²) in [6.07, 6.45) is 2.43. The van der Waals surface area contributed by atoms with E-state index in [1.54, 1.807) is 0 Å². The van der Waals surface area contributed by atoms with Gasteiger partial charge in [0.2, 0.25) is 6.41 Å². The van der Waals surface area contributed by atoms with E-state index < -0.39 is 11.6 Å². The van der Waals surface area contributed by atoms with Crippen molar-refractivity contribution in [3.63, 3.8) is 0 Å². The van der Waals surface area contributed by atoms with Gasteiger partial charge in [0.15, 0.2) is 5.82 Å². The fraction of sp³-hybridized carbons (Fsp3) is 0.250. The Kier molecular flexibility index (Phi) is 6.58. The number of carbonyl (C=O) groups is 2. The first-order valence-electron chi connectivity index (χ1n) is 10.7. The zero-order valence-corrected chi connectivity index (χ0v) is 18.0. The maximum atomic E-state index is 14.3. The van der Waals surface area contributed by atoms with Gasteiger partial charge < -0.3 is 16.0 Å². The van der Waals surface area contributed by atoms with E-state index in [2.05, 4.69) is 32.8 Å². The minimum Gasteiger partial charge on any atom is -0.359 e. The van der Waals surface area contributed by atoms with Crippen molar-refractivity contribution in [2.45, 2.75) is 32.2 Å². The number of hydrogen-bond acceptors (Lipinski definition) is 5. The number of nitrogens with one attached hydrogen (secondary N) is 3. The fourth-order valence-corrected chi connectivity index (χ4v) is 3.94. The molecule has 0 aliphatic carbocycles. The first-order valence-corrected chi connectivity index (χ1v) is 10.7. The molecule has 3 N–H and O–H groups in total. The Morgan fingerprint density at radius 3 is 2.48 bits per heavy atom. The number of halogens is 2. The van der Waals surface area contributed by atoms with E-state index in [9.17, 15) is 18.4 Å². The molecule has 0 fully saturated rings. The quantitative estimate of drug-likeness (QED) is 0.337. The molecule has 0 bridgehead atoms. The van der Waals surface area contributed by atoms with E-state index in [1.165, 1.54) is 6.07 Å². The number of benzene rings is 2. The van der Waals surface area contributed by atoms with Gasteiger partial charge in [-0.05, 0) is 48.6 Å². The van der Waals surface area contributed by atoms with Crippen molar-refractivity contribution in [3.05, 3.63) is 70.9 Å². The molecule has 1 aliphatic rings. The van der Waals surface area contributed by atoms with Crippen molar-refractivity contribution >= 4 is 23.8 Å². The highest BCUT2D eigenvalue weighted by molar-refractivity contribution is 6.03. The molecule has 7 nitrogen and oxygen atoms in total. The van der Waals surface area contributed by atoms with Gasteiger partial charge in [-0.25, -0.2) is 18.7 Å². The van der Waals surface area contributed by atoms with E-state index in [0.717, 1.165) is 30.5 Å². The zero-order valence-electron chi connectivity index (χ0n) is 18.0. The largest absolute Gasteiger partial charge is 0.359 e. The van der Waals surface area contributed by atoms with Crippen LogP contribution in [-0.2, 0) is 11.3 Å². The van der Waals surface area contributed by atoms with Gasteiger partial charge in [0, 0.05) is 12.2 Å². The maximum Gasteiger partial charge on any atom is 0.257 e. The Hall–Kier alpha value is -3.88. The van der Waals surface area contributed by atoms with Crippen LogP contribution in [-0.4, -0.2) is 28.8 Å². The molecule has 3 aromatic rings. The van der Waals surface area contributed by atoms with Gasteiger partial charge in [-0.2, -0.15) is 0 Å². The van der Waals surface area contributed by atoms with Crippen LogP contribution in [0, 0.1) is 11.6 Å². The molecule has 4 rings (SSSR count). The summed E-state index contributed by atoms with van der Waals surface area (Å²) >= 11 is 0. The maximum absolute atomic E-state index is 14.3. The minimum absolute atomic E-state index is 0.131. The molecule has 1 atom stereocenters. The van der Waals surface area contributed by atoms with Gasteiger partial charge in [0.05, 0.1) is 17.8 Å². The van der Waals surface area contributed by atoms with Crippen molar-refractivity contribution in [3.8, 4) is 11.4 Å². The van der Waals surface area contributed by atoms with Crippen LogP contribution in [0.1, 0.15) is 47.3 Å². The Morgan fingerprint density at radius 2 is 1.82 bits per heavy atom. The number of hydrogen-bond donors (Lipinski definition) is 3. The molecule has 0 spiro atoms. The molecule has 1 aromatic heterocycles. The van der Waals surface area contributed by atoms with Gasteiger partial charge >= 0.3 is 0 Å². The van der Waals surface area contributed by atoms with Crippen LogP contribution in [0.25, 0.3) is 11.4 Å². The second kappa shape index (κ2) is 9.72. The van der Waals surface area contributed by atoms with E-state index in [-0.39, 0.29) is 41.1 Å². The van der Waals surface area contributed by atoms with Gasteiger partial charge in [0.1, 0.15) is 23.0 Å². The Morgan fingerprint density at radius 1 is 1.09 bits per heavy atom. The van der Waals surface area contributed by atoms with Crippen molar-refractivity contribution < 1.29 is 18.4 Å². The van der Waals surface area contributed by atoms with Crippen LogP contribution in [0.15, 0.2) is 42.5 Å². The highest BCUT2D eigenvalue weighted by Crippen LogP contribution is 2.31. The van der Waals surface area contributed by atoms with E-state index >= 15 is 0 Å². The molecule has 9 heteroatoms. The second-order valence-corrected chi connectivity index (χ2v) is 7.71. The summed E-state index contributed by atoms with van der Waals surface area (Å²) in [7, 11) is 0. The molecular weight excluding hydrogens is 428 g/mol. The lowest BCUT2D eigenvalue weighted by atomic mass is 9.93. The van der Waals surface area contributed by atoms with Crippen molar-refractivity contribution in [2.24, 2.45) is 0 Å². The van der Waals surface area contributed by atoms with Gasteiger partial charge in [-0.15, -0.1) is 0 Å². The molecule has 2 heterocycles. The normalized spacial score (nSPS) is 13.2. The summed E-state index contributed by atoms with van der Waals surface area (Å²) in [5.41, 5.74) is 2.08. The first kappa shape index (κ1) is 22.3. The fourth-order valence-electron chi connectivity index (χ4n) is 3.94. The number of nitrogens with zero attached hydrogens (tertiary/aromatic N) is 2. The lowest BCUT2D eigenvalue weighted by Gasteiger charge is -2.16. The molecule has 2 aromatic carbocycles. The molecule has 1 aliphatic heterocycles. The van der Waals surface area contributed by atoms with Gasteiger partial charge in [-0.3, -0.25) is 9.59 Å². The third-order valence-corrected chi connectivity index (χ3v) is 5.67. The predicted molar refractivity (Wildman–Crippen MR) is 120 cm³/mol. The smallest absolute Gasteiger partial charge is 0.257 e. The third kappa shape index (κ3) is 4.67. The van der Waals surface area contributed by atoms with E-state index in [0.29, 0.717) is 24.3 Å². The highest BCUT2D eigenvalue weighted by Gasteiger charge is 2.28. The number of anilines is 2. The average Bonchev–Trinajstić information content (AvgIpc) is 3.18. The van der Waals surface area contributed by atoms with Crippen LogP contribution >= 0.6 is 0 Å². The molecule has 33 heavy (non-hydrogen) atoms. The van der Waals surface area contributed by atoms with Crippen molar-refractivity contribution in [1.29, 1.82) is 0 Å². The van der Waals surface area contributed by atoms with Crippen molar-refractivity contribution in [2.75, 3.05) is 11.9 Å². The van der Waals surface area contributed by atoms with E-state index in [1.807, 2.05) is 24.3 Å². The molecule has 2 amide bonds. The lowest BCUT2D eigenvalue weighted by Crippen LogP contribution is -2.15. The number of fused-ring (bicyclic) bond motifs is 1. The second-order valence-electron chi connectivity index (χ2n) is 7.71. The summed E-state index contributed by atoms with van der Waals surface area (Å²) in [5, 5.41) is 8.46. The molecule has 0 saturated carbocycles. The molecule has 170 valence electrons. The standard InChI is InChI=1S/C24H23F2N5O2/c1-2-14(10-11-27-13-32)15-6-8-16(9-7-15)29-23-21-19(12-28-24(21)33)30-22(31-23)20-17(25)4-3-5-18(20)26/h3-9,13-14H,2,10-12H2,1H3,(H,27,32)(H,28,33)(H,29,30,31). The van der Waals surface area contributed by atoms with Crippen LogP contribution in [0.5, 0.6) is 0 Å². The van der Waals surface area contributed by atoms with Crippen LogP contribution < -0.4 is 16.0 Å². The molecular formula is C24H23F2N5O2. The SMILES string of the molecule is CCC(CCNC=O)c1ccc(Nc2nc(-c3c(F)cccc3F)nc3c2C(=O)NC3)cc1. The Balaban J connectivity index is 1.65. The van der Waals surface area contributed by atoms with Crippen LogP contribution in [0.3, 0.4) is 0 Å². The summed E-state index contributed by atoms with van der Waals surface area (Å²) in [6, 6.07) is 11.2. The van der Waals surface area contributed by atoms with Crippen molar-refractivity contribution in [1.82, 2.24) is 20.6 Å². The molecule has 1 unspecified atom stereocenters. The van der Waals surface area contributed by atoms with Crippen LogP contribution in [0.4, 0.5) is 20.3 Å². The monoisotopic (exact) mass is 451 g/mol. The third-order valence-electron chi connectivity index (χ3n) is 5.67. The minimum atomic E-state index is -0.780. The number of rotatable bonds is 9. The van der Waals surface area contributed by atoms with E-state index in [4.69, 9.17) is 0 Å². The first-order chi connectivity index (χ1) is 16.0. The lowest BCUT2D eigenvalue weighted by molar-refractivity contribution is -0.109. The number of amides is 2. The number of carbonyl (C=O) groups excluding carboxylic acids is 2. The molecule has 0 radical (unpaired) electrons. The summed E-state index contributed by atoms with van der Waals surface area (Å²) < 4.78 is 28.7. The topological polar surface area (TPSA) is 96.0 Å². The summed E-state index contributed by atoms with van der Waals surface area (Å²) in [4.78, 5) is 31.4. The van der Waals surface area contributed by atoms with Crippen LogP contribution in [0.2, 0.25) is 0 Å². The van der Waals surface area contributed by atoms with Gasteiger partial charge in [-0.1, -0.05) is 25.1 Å². The summed E-state index contributed by atoms with van der Waals surface area (Å²) in [5.74, 6) is -1.57. The zero-order chi connectivity index (χ0) is 23.4. The van der Waals surface area contributed by atoms with Gasteiger partial charge in [0.25, 0.3) is 5.91 Å². The number of aromatic nitrogens is 2. The Bertz CT molecular complexity index is 1160. The molecule has 0 saturated heterocycles. The Labute approximate surface area is 189 Å². The average molecular weight is 451 g/mol. The highest BCUT2D eigenvalue weighted by atomic mass is 19.1. The summed E-state index contributed by atoms with van der Waals surface area (Å²) in [6.45, 7) is 2.84.